The van der Waals surface area contributed by atoms with Crippen LogP contribution in [0, 0.1) is 0 Å². The molecule has 0 unspecified atom stereocenters. The summed E-state index contributed by atoms with van der Waals surface area (Å²) in [4.78, 5) is 9.14. The summed E-state index contributed by atoms with van der Waals surface area (Å²) in [6, 6.07) is 15.6. The zero-order chi connectivity index (χ0) is 19.3. The van der Waals surface area contributed by atoms with Gasteiger partial charge in [-0.05, 0) is 18.2 Å². The molecular weight excluding hydrogens is 394 g/mol. The van der Waals surface area contributed by atoms with Gasteiger partial charge < -0.3 is 14.0 Å². The second-order valence-corrected chi connectivity index (χ2v) is 7.82. The van der Waals surface area contributed by atoms with Gasteiger partial charge in [-0.3, -0.25) is 0 Å². The van der Waals surface area contributed by atoms with Crippen molar-refractivity contribution >= 4 is 23.1 Å². The minimum absolute atomic E-state index is 0.515. The molecule has 0 fully saturated rings. The standard InChI is InChI=1S/C20H17N3O3S2/c1-24-16-9-8-14(10-17(16)25-2)19-22-18(26-23-19)12-28-20-21-15(11-27-20)13-6-4-3-5-7-13/h3-11H,12H2,1-2H3. The van der Waals surface area contributed by atoms with Crippen LogP contribution in [-0.4, -0.2) is 29.3 Å². The number of aromatic nitrogens is 3. The van der Waals surface area contributed by atoms with Gasteiger partial charge in [0, 0.05) is 16.5 Å². The lowest BCUT2D eigenvalue weighted by atomic mass is 10.2. The van der Waals surface area contributed by atoms with E-state index < -0.39 is 0 Å². The average Bonchev–Trinajstić information content (AvgIpc) is 3.42. The Morgan fingerprint density at radius 2 is 1.79 bits per heavy atom. The van der Waals surface area contributed by atoms with Crippen molar-refractivity contribution in [1.29, 1.82) is 0 Å². The Kier molecular flexibility index (Phi) is 5.59. The third kappa shape index (κ3) is 4.02. The summed E-state index contributed by atoms with van der Waals surface area (Å²) >= 11 is 3.19. The maximum Gasteiger partial charge on any atom is 0.237 e. The van der Waals surface area contributed by atoms with Crippen LogP contribution in [0.15, 0.2) is 62.8 Å². The van der Waals surface area contributed by atoms with Crippen molar-refractivity contribution in [2.24, 2.45) is 0 Å². The summed E-state index contributed by atoms with van der Waals surface area (Å²) in [6.07, 6.45) is 0. The normalized spacial score (nSPS) is 10.8. The topological polar surface area (TPSA) is 70.3 Å². The summed E-state index contributed by atoms with van der Waals surface area (Å²) < 4.78 is 16.9. The van der Waals surface area contributed by atoms with Crippen molar-refractivity contribution in [3.05, 3.63) is 59.8 Å². The minimum atomic E-state index is 0.515. The molecule has 142 valence electrons. The van der Waals surface area contributed by atoms with Crippen LogP contribution in [0.25, 0.3) is 22.6 Å². The van der Waals surface area contributed by atoms with Crippen LogP contribution >= 0.6 is 23.1 Å². The zero-order valence-electron chi connectivity index (χ0n) is 15.3. The van der Waals surface area contributed by atoms with E-state index in [-0.39, 0.29) is 0 Å². The number of methoxy groups -OCH3 is 2. The number of thiazole rings is 1. The quantitative estimate of drug-likeness (QED) is 0.389. The number of benzene rings is 2. The molecule has 0 saturated carbocycles. The Balaban J connectivity index is 1.44. The summed E-state index contributed by atoms with van der Waals surface area (Å²) in [5, 5.41) is 6.13. The highest BCUT2D eigenvalue weighted by Gasteiger charge is 2.13. The summed E-state index contributed by atoms with van der Waals surface area (Å²) in [6.45, 7) is 0. The first-order valence-corrected chi connectivity index (χ1v) is 10.3. The van der Waals surface area contributed by atoms with Crippen LogP contribution in [0.5, 0.6) is 11.5 Å². The van der Waals surface area contributed by atoms with Crippen molar-refractivity contribution in [2.75, 3.05) is 14.2 Å². The molecular formula is C20H17N3O3S2. The molecule has 4 aromatic rings. The summed E-state index contributed by atoms with van der Waals surface area (Å²) in [5.41, 5.74) is 2.89. The molecule has 2 aromatic carbocycles. The number of hydrogen-bond acceptors (Lipinski definition) is 8. The lowest BCUT2D eigenvalue weighted by molar-refractivity contribution is 0.355. The van der Waals surface area contributed by atoms with E-state index in [0.717, 1.165) is 21.2 Å². The van der Waals surface area contributed by atoms with Gasteiger partial charge in [0.15, 0.2) is 15.8 Å². The van der Waals surface area contributed by atoms with Crippen molar-refractivity contribution in [2.45, 2.75) is 10.1 Å². The van der Waals surface area contributed by atoms with Gasteiger partial charge in [-0.2, -0.15) is 4.98 Å². The van der Waals surface area contributed by atoms with E-state index in [0.29, 0.717) is 29.0 Å². The molecule has 0 N–H and O–H groups in total. The molecule has 4 rings (SSSR count). The zero-order valence-corrected chi connectivity index (χ0v) is 16.9. The number of ether oxygens (including phenoxy) is 2. The average molecular weight is 412 g/mol. The van der Waals surface area contributed by atoms with E-state index in [1.54, 1.807) is 37.3 Å². The van der Waals surface area contributed by atoms with E-state index in [2.05, 4.69) is 32.6 Å². The lowest BCUT2D eigenvalue weighted by Gasteiger charge is -2.07. The maximum atomic E-state index is 5.39. The molecule has 0 aliphatic carbocycles. The van der Waals surface area contributed by atoms with Crippen LogP contribution in [0.2, 0.25) is 0 Å². The monoisotopic (exact) mass is 411 g/mol. The second-order valence-electron chi connectivity index (χ2n) is 5.73. The van der Waals surface area contributed by atoms with Gasteiger partial charge in [-0.1, -0.05) is 47.3 Å². The second kappa shape index (κ2) is 8.45. The first-order chi connectivity index (χ1) is 13.8. The Hall–Kier alpha value is -2.84. The van der Waals surface area contributed by atoms with Gasteiger partial charge in [-0.15, -0.1) is 11.3 Å². The molecule has 0 aliphatic rings. The van der Waals surface area contributed by atoms with Crippen molar-refractivity contribution < 1.29 is 14.0 Å². The number of rotatable bonds is 7. The Bertz CT molecular complexity index is 1060. The molecule has 0 atom stereocenters. The highest BCUT2D eigenvalue weighted by atomic mass is 32.2. The SMILES string of the molecule is COc1ccc(-c2noc(CSc3nc(-c4ccccc4)cs3)n2)cc1OC. The van der Waals surface area contributed by atoms with Crippen LogP contribution in [-0.2, 0) is 5.75 Å². The molecule has 0 saturated heterocycles. The van der Waals surface area contributed by atoms with Crippen molar-refractivity contribution in [1.82, 2.24) is 15.1 Å². The predicted molar refractivity (Wildman–Crippen MR) is 110 cm³/mol. The molecule has 2 heterocycles. The minimum Gasteiger partial charge on any atom is -0.493 e. The molecule has 0 amide bonds. The summed E-state index contributed by atoms with van der Waals surface area (Å²) in [5.74, 6) is 2.90. The molecule has 28 heavy (non-hydrogen) atoms. The Labute approximate surface area is 170 Å². The fourth-order valence-corrected chi connectivity index (χ4v) is 4.27. The fourth-order valence-electron chi connectivity index (χ4n) is 2.59. The van der Waals surface area contributed by atoms with Gasteiger partial charge in [0.25, 0.3) is 0 Å². The smallest absolute Gasteiger partial charge is 0.237 e. The highest BCUT2D eigenvalue weighted by molar-refractivity contribution is 8.00. The van der Waals surface area contributed by atoms with Gasteiger partial charge in [0.2, 0.25) is 11.7 Å². The van der Waals surface area contributed by atoms with E-state index in [4.69, 9.17) is 14.0 Å². The van der Waals surface area contributed by atoms with Gasteiger partial charge in [-0.25, -0.2) is 4.98 Å². The number of thioether (sulfide) groups is 1. The van der Waals surface area contributed by atoms with E-state index in [1.807, 2.05) is 36.4 Å². The molecule has 8 heteroatoms. The first kappa shape index (κ1) is 18.5. The fraction of sp³-hybridized carbons (Fsp3) is 0.150. The molecule has 0 radical (unpaired) electrons. The van der Waals surface area contributed by atoms with Gasteiger partial charge in [0.1, 0.15) is 0 Å². The highest BCUT2D eigenvalue weighted by Crippen LogP contribution is 2.33. The molecule has 2 aromatic heterocycles. The van der Waals surface area contributed by atoms with E-state index >= 15 is 0 Å². The molecule has 6 nitrogen and oxygen atoms in total. The summed E-state index contributed by atoms with van der Waals surface area (Å²) in [7, 11) is 3.20. The van der Waals surface area contributed by atoms with Gasteiger partial charge in [0.05, 0.1) is 25.7 Å². The third-order valence-corrected chi connectivity index (χ3v) is 5.99. The first-order valence-electron chi connectivity index (χ1n) is 8.45. The number of nitrogens with zero attached hydrogens (tertiary/aromatic N) is 3. The molecule has 0 aliphatic heterocycles. The lowest BCUT2D eigenvalue weighted by Crippen LogP contribution is -1.91. The maximum absolute atomic E-state index is 5.39. The number of hydrogen-bond donors (Lipinski definition) is 0. The largest absolute Gasteiger partial charge is 0.493 e. The third-order valence-electron chi connectivity index (χ3n) is 3.98. The van der Waals surface area contributed by atoms with Crippen LogP contribution in [0.4, 0.5) is 0 Å². The van der Waals surface area contributed by atoms with Crippen LogP contribution in [0.3, 0.4) is 0 Å². The van der Waals surface area contributed by atoms with E-state index in [1.165, 1.54) is 0 Å². The van der Waals surface area contributed by atoms with Crippen LogP contribution in [0.1, 0.15) is 5.89 Å². The molecule has 0 spiro atoms. The van der Waals surface area contributed by atoms with Crippen molar-refractivity contribution in [3.8, 4) is 34.1 Å². The Morgan fingerprint density at radius 1 is 0.964 bits per heavy atom. The van der Waals surface area contributed by atoms with Gasteiger partial charge >= 0.3 is 0 Å². The Morgan fingerprint density at radius 3 is 2.57 bits per heavy atom. The van der Waals surface area contributed by atoms with Crippen LogP contribution < -0.4 is 9.47 Å². The van der Waals surface area contributed by atoms with Crippen molar-refractivity contribution in [3.63, 3.8) is 0 Å². The van der Waals surface area contributed by atoms with E-state index in [9.17, 15) is 0 Å². The molecule has 0 bridgehead atoms. The predicted octanol–water partition coefficient (Wildman–Crippen LogP) is 5.17.